The standard InChI is InChI=1S/C30H30NS.C12H19F3O2.Ir/c1-29(2,3)18-20-11-9-13-23-24-14-15-31-26(28(24)32-27(20)23)21-16-19-10-7-8-12-22(19)25(17-21)30(4,5)6;1-8(2)5-6-9(16)7-10(17)11(3,4)12(13,14)15;/h7-15,17H,18H2,1-6H3;7-8,17H,5-6H2,1-4H3;/q-1;;/b;10-7-;. The van der Waals surface area contributed by atoms with Crippen molar-refractivity contribution in [3.63, 3.8) is 0 Å². The molecule has 0 amide bonds. The Morgan fingerprint density at radius 3 is 2.12 bits per heavy atom. The van der Waals surface area contributed by atoms with E-state index in [-0.39, 0.29) is 37.4 Å². The number of ketones is 1. The molecule has 2 aromatic heterocycles. The van der Waals surface area contributed by atoms with Gasteiger partial charge in [-0.25, -0.2) is 0 Å². The van der Waals surface area contributed by atoms with Crippen molar-refractivity contribution in [1.29, 1.82) is 0 Å². The van der Waals surface area contributed by atoms with Gasteiger partial charge >= 0.3 is 6.18 Å². The summed E-state index contributed by atoms with van der Waals surface area (Å²) >= 11 is 1.89. The molecule has 1 radical (unpaired) electrons. The minimum Gasteiger partial charge on any atom is -0.511 e. The van der Waals surface area contributed by atoms with Gasteiger partial charge in [0.1, 0.15) is 11.2 Å². The van der Waals surface area contributed by atoms with E-state index in [9.17, 15) is 23.1 Å². The van der Waals surface area contributed by atoms with Gasteiger partial charge in [0.25, 0.3) is 0 Å². The van der Waals surface area contributed by atoms with Gasteiger partial charge in [0.05, 0.1) is 0 Å². The number of thiophene rings is 1. The summed E-state index contributed by atoms with van der Waals surface area (Å²) in [6.07, 6.45) is -0.122. The first-order valence-electron chi connectivity index (χ1n) is 16.9. The average molecular weight is 881 g/mol. The van der Waals surface area contributed by atoms with Gasteiger partial charge < -0.3 is 5.11 Å². The molecule has 271 valence electrons. The molecule has 0 aliphatic carbocycles. The van der Waals surface area contributed by atoms with Gasteiger partial charge in [0, 0.05) is 59.3 Å². The van der Waals surface area contributed by atoms with E-state index in [1.54, 1.807) is 0 Å². The fourth-order valence-corrected chi connectivity index (χ4v) is 6.96. The summed E-state index contributed by atoms with van der Waals surface area (Å²) in [7, 11) is 0. The minimum absolute atomic E-state index is 0. The normalized spacial score (nSPS) is 13.0. The van der Waals surface area contributed by atoms with E-state index < -0.39 is 23.1 Å². The number of aromatic nitrogens is 1. The molecule has 0 aliphatic heterocycles. The van der Waals surface area contributed by atoms with Crippen molar-refractivity contribution in [3.05, 3.63) is 89.8 Å². The van der Waals surface area contributed by atoms with E-state index in [0.717, 1.165) is 36.9 Å². The van der Waals surface area contributed by atoms with Gasteiger partial charge in [-0.1, -0.05) is 103 Å². The molecule has 0 bridgehead atoms. The molecule has 0 unspecified atom stereocenters. The van der Waals surface area contributed by atoms with Crippen molar-refractivity contribution in [2.24, 2.45) is 16.7 Å². The monoisotopic (exact) mass is 881 g/mol. The third-order valence-corrected chi connectivity index (χ3v) is 9.97. The maximum absolute atomic E-state index is 12.5. The summed E-state index contributed by atoms with van der Waals surface area (Å²) in [5.74, 6) is -1.11. The number of allylic oxidation sites excluding steroid dienone is 2. The second-order valence-electron chi connectivity index (χ2n) is 16.1. The number of hydrogen-bond donors (Lipinski definition) is 1. The van der Waals surface area contributed by atoms with Crippen molar-refractivity contribution in [2.75, 3.05) is 0 Å². The summed E-state index contributed by atoms with van der Waals surface area (Å²) in [4.78, 5) is 16.2. The zero-order valence-corrected chi connectivity index (χ0v) is 33.9. The van der Waals surface area contributed by atoms with Gasteiger partial charge in [0.2, 0.25) is 0 Å². The van der Waals surface area contributed by atoms with E-state index in [4.69, 9.17) is 4.98 Å². The van der Waals surface area contributed by atoms with Gasteiger partial charge in [-0.2, -0.15) is 13.2 Å². The number of halogens is 3. The molecular formula is C42H49F3IrNO2S-. The maximum atomic E-state index is 12.5. The number of fused-ring (bicyclic) bond motifs is 4. The predicted molar refractivity (Wildman–Crippen MR) is 200 cm³/mol. The molecule has 0 fully saturated rings. The zero-order valence-electron chi connectivity index (χ0n) is 30.7. The van der Waals surface area contributed by atoms with Crippen LogP contribution in [0.4, 0.5) is 13.2 Å². The van der Waals surface area contributed by atoms with Crippen LogP contribution in [0.15, 0.2) is 72.6 Å². The molecule has 5 aromatic rings. The Morgan fingerprint density at radius 2 is 1.52 bits per heavy atom. The number of carbonyl (C=O) groups excluding carboxylic acids is 1. The summed E-state index contributed by atoms with van der Waals surface area (Å²) in [6.45, 7) is 19.3. The average Bonchev–Trinajstić information content (AvgIpc) is 3.38. The smallest absolute Gasteiger partial charge is 0.400 e. The number of benzene rings is 3. The molecule has 50 heavy (non-hydrogen) atoms. The van der Waals surface area contributed by atoms with Crippen LogP contribution in [-0.2, 0) is 36.7 Å². The van der Waals surface area contributed by atoms with Gasteiger partial charge in [-0.05, 0) is 60.5 Å². The Balaban J connectivity index is 0.000000323. The molecular weight excluding hydrogens is 832 g/mol. The van der Waals surface area contributed by atoms with Gasteiger partial charge in [0.15, 0.2) is 5.78 Å². The Kier molecular flexibility index (Phi) is 13.0. The van der Waals surface area contributed by atoms with Crippen LogP contribution in [-0.4, -0.2) is 22.1 Å². The Labute approximate surface area is 312 Å². The molecule has 1 N–H and O–H groups in total. The summed E-state index contributed by atoms with van der Waals surface area (Å²) in [6, 6.07) is 23.5. The van der Waals surface area contributed by atoms with Gasteiger partial charge in [-0.15, -0.1) is 40.5 Å². The van der Waals surface area contributed by atoms with E-state index in [2.05, 4.69) is 102 Å². The first-order valence-corrected chi connectivity index (χ1v) is 17.7. The number of rotatable bonds is 7. The first kappa shape index (κ1) is 41.4. The Bertz CT molecular complexity index is 1990. The summed E-state index contributed by atoms with van der Waals surface area (Å²) < 4.78 is 40.3. The van der Waals surface area contributed by atoms with Crippen molar-refractivity contribution >= 4 is 48.1 Å². The second kappa shape index (κ2) is 15.7. The first-order chi connectivity index (χ1) is 22.6. The number of carbonyl (C=O) groups is 1. The number of pyridine rings is 1. The third-order valence-electron chi connectivity index (χ3n) is 8.67. The molecule has 8 heteroatoms. The van der Waals surface area contributed by atoms with Gasteiger partial charge in [-0.3, -0.25) is 9.78 Å². The number of aliphatic hydroxyl groups excluding tert-OH is 1. The second-order valence-corrected chi connectivity index (χ2v) is 17.1. The quantitative estimate of drug-likeness (QED) is 0.101. The number of alkyl halides is 3. The van der Waals surface area contributed by atoms with Crippen molar-refractivity contribution in [2.45, 2.75) is 100 Å². The minimum atomic E-state index is -4.58. The van der Waals surface area contributed by atoms with Crippen LogP contribution >= 0.6 is 11.3 Å². The van der Waals surface area contributed by atoms with Crippen LogP contribution in [0.3, 0.4) is 0 Å². The molecule has 2 heterocycles. The van der Waals surface area contributed by atoms with E-state index in [1.165, 1.54) is 36.7 Å². The zero-order chi connectivity index (χ0) is 36.5. The van der Waals surface area contributed by atoms with Crippen molar-refractivity contribution < 1.29 is 43.2 Å². The van der Waals surface area contributed by atoms with E-state index >= 15 is 0 Å². The molecule has 0 saturated heterocycles. The van der Waals surface area contributed by atoms with E-state index in [1.807, 2.05) is 31.4 Å². The van der Waals surface area contributed by atoms with Crippen molar-refractivity contribution in [1.82, 2.24) is 4.98 Å². The fraction of sp³-hybridized carbons (Fsp3) is 0.429. The van der Waals surface area contributed by atoms with E-state index in [0.29, 0.717) is 18.4 Å². The van der Waals surface area contributed by atoms with Crippen LogP contribution in [0, 0.1) is 22.8 Å². The topological polar surface area (TPSA) is 50.2 Å². The van der Waals surface area contributed by atoms with Crippen LogP contribution in [0.25, 0.3) is 42.2 Å². The van der Waals surface area contributed by atoms with Crippen LogP contribution in [0.1, 0.15) is 93.2 Å². The third kappa shape index (κ3) is 9.63. The van der Waals surface area contributed by atoms with Crippen LogP contribution in [0.5, 0.6) is 0 Å². The maximum Gasteiger partial charge on any atom is 0.400 e. The number of nitrogens with zero attached hydrogens (tertiary/aromatic N) is 1. The molecule has 3 aromatic carbocycles. The number of hydrogen-bond acceptors (Lipinski definition) is 4. The molecule has 0 aliphatic rings. The van der Waals surface area contributed by atoms with Crippen molar-refractivity contribution in [3.8, 4) is 11.3 Å². The number of aliphatic hydroxyl groups is 1. The fourth-order valence-electron chi connectivity index (χ4n) is 5.65. The Morgan fingerprint density at radius 1 is 0.900 bits per heavy atom. The van der Waals surface area contributed by atoms with Crippen LogP contribution < -0.4 is 0 Å². The molecule has 0 saturated carbocycles. The predicted octanol–water partition coefficient (Wildman–Crippen LogP) is 13.0. The summed E-state index contributed by atoms with van der Waals surface area (Å²) in [5.41, 5.74) is 2.80. The molecule has 0 atom stereocenters. The largest absolute Gasteiger partial charge is 0.511 e. The summed E-state index contributed by atoms with van der Waals surface area (Å²) in [5, 5.41) is 14.4. The molecule has 5 rings (SSSR count). The van der Waals surface area contributed by atoms with Crippen LogP contribution in [0.2, 0.25) is 0 Å². The SMILES string of the molecule is CC(C)(C)Cc1cccc2c1sc1c(-c3[c-]c4ccccc4c(C(C)(C)C)c3)nccc12.CC(C)CCC(=O)/C=C(\O)C(C)(C)C(F)(F)F.[Ir]. The molecule has 3 nitrogen and oxygen atoms in total. The molecule has 0 spiro atoms. The Hall–Kier alpha value is -3.06.